The maximum absolute atomic E-state index is 11.2. The van der Waals surface area contributed by atoms with Crippen molar-refractivity contribution in [2.45, 2.75) is 0 Å². The summed E-state index contributed by atoms with van der Waals surface area (Å²) in [7, 11) is 0. The summed E-state index contributed by atoms with van der Waals surface area (Å²) >= 11 is 3.36. The first kappa shape index (κ1) is 18.8. The third kappa shape index (κ3) is 2.88. The molecule has 4 aromatic carbocycles. The van der Waals surface area contributed by atoms with Gasteiger partial charge in [-0.15, -0.1) is 22.7 Å². The molecule has 0 atom stereocenters. The molecular weight excluding hydrogens is 442 g/mol. The topological polar surface area (TPSA) is 22.0 Å². The van der Waals surface area contributed by atoms with Crippen molar-refractivity contribution in [3.63, 3.8) is 0 Å². The van der Waals surface area contributed by atoms with E-state index in [-0.39, 0.29) is 0 Å². The Hall–Kier alpha value is -3.73. The van der Waals surface area contributed by atoms with Gasteiger partial charge < -0.3 is 4.57 Å². The average Bonchev–Trinajstić information content (AvgIpc) is 3.55. The summed E-state index contributed by atoms with van der Waals surface area (Å²) in [6.45, 7) is 0. The molecular formula is C29H17NOS2. The zero-order chi connectivity index (χ0) is 21.9. The predicted octanol–water partition coefficient (Wildman–Crippen LogP) is 8.69. The van der Waals surface area contributed by atoms with Crippen LogP contribution in [0.1, 0.15) is 9.67 Å². The Morgan fingerprint density at radius 2 is 1.36 bits per heavy atom. The van der Waals surface area contributed by atoms with Crippen LogP contribution in [0.15, 0.2) is 97.1 Å². The molecule has 2 nitrogen and oxygen atoms in total. The molecule has 7 rings (SSSR count). The molecule has 0 spiro atoms. The fraction of sp³-hybridized carbons (Fsp3) is 0. The minimum atomic E-state index is 0.781. The lowest BCUT2D eigenvalue weighted by Gasteiger charge is -2.07. The number of aromatic nitrogens is 1. The summed E-state index contributed by atoms with van der Waals surface area (Å²) in [5, 5.41) is 4.90. The standard InChI is InChI=1S/C29H17NOS2/c31-17-22-12-19-14-29-20(16-28(19)32-22)15-27(33-29)18-10-11-26-24(13-18)23-8-4-5-9-25(23)30(26)21-6-2-1-3-7-21/h1-17H. The Balaban J connectivity index is 1.44. The van der Waals surface area contributed by atoms with Crippen LogP contribution in [0.5, 0.6) is 0 Å². The number of nitrogens with zero attached hydrogens (tertiary/aromatic N) is 1. The van der Waals surface area contributed by atoms with E-state index in [0.29, 0.717) is 0 Å². The summed E-state index contributed by atoms with van der Waals surface area (Å²) in [5.74, 6) is 0. The molecule has 0 amide bonds. The minimum Gasteiger partial charge on any atom is -0.309 e. The van der Waals surface area contributed by atoms with Crippen LogP contribution >= 0.6 is 22.7 Å². The van der Waals surface area contributed by atoms with E-state index in [1.807, 2.05) is 17.4 Å². The van der Waals surface area contributed by atoms with Crippen molar-refractivity contribution in [2.24, 2.45) is 0 Å². The van der Waals surface area contributed by atoms with Gasteiger partial charge in [0.2, 0.25) is 0 Å². The normalized spacial score (nSPS) is 11.8. The summed E-state index contributed by atoms with van der Waals surface area (Å²) in [6.07, 6.45) is 0.936. The second-order valence-corrected chi connectivity index (χ2v) is 10.4. The van der Waals surface area contributed by atoms with Gasteiger partial charge in [0.25, 0.3) is 0 Å². The maximum atomic E-state index is 11.2. The molecule has 0 N–H and O–H groups in total. The van der Waals surface area contributed by atoms with Crippen molar-refractivity contribution in [1.29, 1.82) is 0 Å². The number of thiophene rings is 2. The Morgan fingerprint density at radius 1 is 0.636 bits per heavy atom. The molecule has 0 fully saturated rings. The van der Waals surface area contributed by atoms with Gasteiger partial charge in [-0.2, -0.15) is 0 Å². The minimum absolute atomic E-state index is 0.781. The average molecular weight is 460 g/mol. The molecule has 0 aliphatic carbocycles. The Labute approximate surface area is 197 Å². The fourth-order valence-corrected chi connectivity index (χ4v) is 6.77. The highest BCUT2D eigenvalue weighted by atomic mass is 32.1. The van der Waals surface area contributed by atoms with E-state index in [1.54, 1.807) is 11.3 Å². The van der Waals surface area contributed by atoms with Gasteiger partial charge >= 0.3 is 0 Å². The van der Waals surface area contributed by atoms with Gasteiger partial charge in [0.1, 0.15) is 0 Å². The Morgan fingerprint density at radius 3 is 2.21 bits per heavy atom. The third-order valence-electron chi connectivity index (χ3n) is 6.26. The van der Waals surface area contributed by atoms with Crippen molar-refractivity contribution in [2.75, 3.05) is 0 Å². The molecule has 0 radical (unpaired) electrons. The van der Waals surface area contributed by atoms with Crippen molar-refractivity contribution in [3.8, 4) is 16.1 Å². The molecule has 0 aliphatic rings. The first-order valence-electron chi connectivity index (χ1n) is 10.8. The number of rotatable bonds is 3. The van der Waals surface area contributed by atoms with Gasteiger partial charge in [0, 0.05) is 30.7 Å². The lowest BCUT2D eigenvalue weighted by molar-refractivity contribution is 0.112. The second-order valence-electron chi connectivity index (χ2n) is 8.23. The highest BCUT2D eigenvalue weighted by molar-refractivity contribution is 7.23. The monoisotopic (exact) mass is 459 g/mol. The number of carbonyl (C=O) groups is 1. The highest BCUT2D eigenvalue weighted by Gasteiger charge is 2.14. The summed E-state index contributed by atoms with van der Waals surface area (Å²) in [6, 6.07) is 34.7. The summed E-state index contributed by atoms with van der Waals surface area (Å²) in [4.78, 5) is 13.2. The smallest absolute Gasteiger partial charge is 0.160 e. The number of carbonyl (C=O) groups excluding carboxylic acids is 1. The number of hydrogen-bond donors (Lipinski definition) is 0. The van der Waals surface area contributed by atoms with Gasteiger partial charge in [0.05, 0.1) is 15.9 Å². The van der Waals surface area contributed by atoms with Gasteiger partial charge in [-0.05, 0) is 70.9 Å². The molecule has 3 aromatic heterocycles. The quantitative estimate of drug-likeness (QED) is 0.242. The number of para-hydroxylation sites is 2. The number of benzene rings is 4. The van der Waals surface area contributed by atoms with Crippen molar-refractivity contribution in [1.82, 2.24) is 4.57 Å². The van der Waals surface area contributed by atoms with Crippen LogP contribution in [-0.2, 0) is 0 Å². The van der Waals surface area contributed by atoms with Crippen LogP contribution in [0, 0.1) is 0 Å². The predicted molar refractivity (Wildman–Crippen MR) is 142 cm³/mol. The lowest BCUT2D eigenvalue weighted by atomic mass is 10.1. The molecule has 0 saturated heterocycles. The van der Waals surface area contributed by atoms with Crippen LogP contribution in [0.25, 0.3) is 58.1 Å². The van der Waals surface area contributed by atoms with Crippen LogP contribution in [0.2, 0.25) is 0 Å². The van der Waals surface area contributed by atoms with Crippen LogP contribution in [0.4, 0.5) is 0 Å². The number of hydrogen-bond acceptors (Lipinski definition) is 3. The maximum Gasteiger partial charge on any atom is 0.160 e. The molecule has 0 aliphatic heterocycles. The third-order valence-corrected chi connectivity index (χ3v) is 8.43. The van der Waals surface area contributed by atoms with Crippen LogP contribution < -0.4 is 0 Å². The summed E-state index contributed by atoms with van der Waals surface area (Å²) in [5.41, 5.74) is 4.84. The lowest BCUT2D eigenvalue weighted by Crippen LogP contribution is -1.92. The van der Waals surface area contributed by atoms with Gasteiger partial charge in [0.15, 0.2) is 6.29 Å². The van der Waals surface area contributed by atoms with Crippen molar-refractivity contribution < 1.29 is 4.79 Å². The Kier molecular flexibility index (Phi) is 4.07. The van der Waals surface area contributed by atoms with Gasteiger partial charge in [-0.1, -0.05) is 42.5 Å². The molecule has 0 bridgehead atoms. The van der Waals surface area contributed by atoms with Crippen LogP contribution in [0.3, 0.4) is 0 Å². The van der Waals surface area contributed by atoms with E-state index in [9.17, 15) is 4.79 Å². The summed E-state index contributed by atoms with van der Waals surface area (Å²) < 4.78 is 4.76. The number of aldehydes is 1. The van der Waals surface area contributed by atoms with E-state index in [1.165, 1.54) is 48.0 Å². The fourth-order valence-electron chi connectivity index (χ4n) is 4.77. The van der Waals surface area contributed by atoms with Gasteiger partial charge in [-0.3, -0.25) is 4.79 Å². The van der Waals surface area contributed by atoms with E-state index >= 15 is 0 Å². The molecule has 156 valence electrons. The van der Waals surface area contributed by atoms with E-state index < -0.39 is 0 Å². The zero-order valence-corrected chi connectivity index (χ0v) is 19.1. The van der Waals surface area contributed by atoms with E-state index in [4.69, 9.17) is 0 Å². The molecule has 0 saturated carbocycles. The van der Waals surface area contributed by atoms with Crippen LogP contribution in [-0.4, -0.2) is 10.9 Å². The molecule has 4 heteroatoms. The second kappa shape index (κ2) is 7.14. The molecule has 7 aromatic rings. The first-order valence-corrected chi connectivity index (χ1v) is 12.4. The van der Waals surface area contributed by atoms with E-state index in [2.05, 4.69) is 95.6 Å². The highest BCUT2D eigenvalue weighted by Crippen LogP contribution is 2.40. The van der Waals surface area contributed by atoms with E-state index in [0.717, 1.165) is 21.2 Å². The zero-order valence-electron chi connectivity index (χ0n) is 17.5. The van der Waals surface area contributed by atoms with Crippen molar-refractivity contribution in [3.05, 3.63) is 102 Å². The van der Waals surface area contributed by atoms with Crippen molar-refractivity contribution >= 4 is 70.9 Å². The number of fused-ring (bicyclic) bond motifs is 5. The largest absolute Gasteiger partial charge is 0.309 e. The first-order chi connectivity index (χ1) is 16.3. The molecule has 0 unspecified atom stereocenters. The van der Waals surface area contributed by atoms with Gasteiger partial charge in [-0.25, -0.2) is 0 Å². The molecule has 3 heterocycles. The molecule has 33 heavy (non-hydrogen) atoms. The SMILES string of the molecule is O=Cc1cc2cc3sc(-c4ccc5c(c4)c4ccccc4n5-c4ccccc4)cc3cc2s1. The Bertz CT molecular complexity index is 1790.